The Labute approximate surface area is 111 Å². The molecule has 0 aromatic carbocycles. The first-order valence-electron chi connectivity index (χ1n) is 2.34. The average molecular weight is 190 g/mol. The molecule has 0 rings (SSSR count). The summed E-state index contributed by atoms with van der Waals surface area (Å²) in [6.45, 7) is 4.18. The summed E-state index contributed by atoms with van der Waals surface area (Å²) in [5.74, 6) is 0. The van der Waals surface area contributed by atoms with Crippen LogP contribution in [0.1, 0.15) is 20.3 Å². The number of hydrogen-bond acceptors (Lipinski definition) is 1. The molecule has 4 heteroatoms. The van der Waals surface area contributed by atoms with Gasteiger partial charge in [0, 0.05) is 0 Å². The Balaban J connectivity index is -0.0000000720. The minimum atomic E-state index is -0.444. The van der Waals surface area contributed by atoms with Gasteiger partial charge in [0.15, 0.2) is 0 Å². The van der Waals surface area contributed by atoms with Gasteiger partial charge in [0.05, 0.1) is 0 Å². The van der Waals surface area contributed by atoms with Crippen LogP contribution in [0, 0.1) is 6.42 Å². The molecule has 0 unspecified atom stereocenters. The molecule has 0 aliphatic carbocycles. The van der Waals surface area contributed by atoms with Crippen LogP contribution in [0.3, 0.4) is 0 Å². The second-order valence-electron chi connectivity index (χ2n) is 1.10. The van der Waals surface area contributed by atoms with Crippen molar-refractivity contribution in [1.29, 1.82) is 0 Å². The Morgan fingerprint density at radius 3 is 1.67 bits per heavy atom. The van der Waals surface area contributed by atoms with Gasteiger partial charge in [-0.05, 0) is 0 Å². The van der Waals surface area contributed by atoms with Crippen molar-refractivity contribution in [3.63, 3.8) is 0 Å². The fraction of sp³-hybridized carbons (Fsp3) is 0.600. The Kier molecular flexibility index (Phi) is 31.6. The number of hydrogen-bond donors (Lipinski definition) is 2. The predicted octanol–water partition coefficient (Wildman–Crippen LogP) is -0.409. The quantitative estimate of drug-likeness (QED) is 0.327. The summed E-state index contributed by atoms with van der Waals surface area (Å²) < 4.78 is -0.444. The molecule has 0 aromatic heterocycles. The minimum absolute atomic E-state index is 0. The molecule has 0 amide bonds. The maximum Gasteiger partial charge on any atom is 1.00 e. The van der Waals surface area contributed by atoms with E-state index >= 15 is 0 Å². The van der Waals surface area contributed by atoms with Crippen molar-refractivity contribution in [2.75, 3.05) is 0 Å². The van der Waals surface area contributed by atoms with Gasteiger partial charge < -0.3 is 6.42 Å². The van der Waals surface area contributed by atoms with Crippen LogP contribution in [0.5, 0.6) is 0 Å². The van der Waals surface area contributed by atoms with E-state index < -0.39 is 4.45 Å². The summed E-state index contributed by atoms with van der Waals surface area (Å²) in [4.78, 5) is 9.17. The Hall–Kier alpha value is 2.01. The molecule has 0 saturated carbocycles. The van der Waals surface area contributed by atoms with Gasteiger partial charge in [-0.25, -0.2) is 0 Å². The van der Waals surface area contributed by atoms with E-state index in [-0.39, 0.29) is 51.4 Å². The Morgan fingerprint density at radius 2 is 1.67 bits per heavy atom. The first kappa shape index (κ1) is 17.2. The van der Waals surface area contributed by atoms with Gasteiger partial charge in [0.1, 0.15) is 0 Å². The maximum absolute atomic E-state index is 9.17. The summed E-state index contributed by atoms with van der Waals surface area (Å²) in [7, 11) is 0. The summed E-state index contributed by atoms with van der Waals surface area (Å²) in [5.41, 5.74) is 0. The smallest absolute Gasteiger partial charge is 0.332 e. The second kappa shape index (κ2) is 16.5. The zero-order valence-corrected chi connectivity index (χ0v) is 11.0. The minimum Gasteiger partial charge on any atom is -0.332 e. The first-order chi connectivity index (χ1) is 3.65. The Bertz CT molecular complexity index is 52.9. The van der Waals surface area contributed by atoms with Crippen LogP contribution in [-0.2, 0) is 0 Å². The van der Waals surface area contributed by atoms with Crippen LogP contribution < -0.4 is 51.4 Å². The summed E-state index contributed by atoms with van der Waals surface area (Å²) in [6, 6.07) is 0. The van der Waals surface area contributed by atoms with Gasteiger partial charge >= 0.3 is 51.4 Å². The van der Waals surface area contributed by atoms with E-state index in [1.807, 2.05) is 0 Å². The second-order valence-corrected chi connectivity index (χ2v) is 2.26. The first-order valence-corrected chi connectivity index (χ1v) is 3.24. The van der Waals surface area contributed by atoms with E-state index in [1.54, 1.807) is 0 Å². The molecular weight excluding hydrogens is 179 g/mol. The van der Waals surface area contributed by atoms with E-state index in [0.717, 1.165) is 0 Å². The fourth-order valence-corrected chi connectivity index (χ4v) is 0. The van der Waals surface area contributed by atoms with Gasteiger partial charge in [-0.3, -0.25) is 4.79 Å². The van der Waals surface area contributed by atoms with E-state index in [1.165, 1.54) is 6.42 Å². The van der Waals surface area contributed by atoms with Crippen LogP contribution >= 0.6 is 25.3 Å². The van der Waals surface area contributed by atoms with E-state index in [9.17, 15) is 4.79 Å². The van der Waals surface area contributed by atoms with Crippen molar-refractivity contribution < 1.29 is 56.2 Å². The number of carbonyl (C=O) groups is 1. The van der Waals surface area contributed by atoms with E-state index in [4.69, 9.17) is 0 Å². The van der Waals surface area contributed by atoms with Gasteiger partial charge in [-0.15, -0.1) is 0 Å². The monoisotopic (exact) mass is 190 g/mol. The summed E-state index contributed by atoms with van der Waals surface area (Å²) in [5, 5.41) is 0. The number of unbranched alkanes of at least 4 members (excludes halogenated alkanes) is 1. The molecule has 0 saturated heterocycles. The molecule has 0 fully saturated rings. The molecule has 0 spiro atoms. The molecule has 1 nitrogen and oxygen atoms in total. The number of thiol groups is 2. The molecule has 0 aliphatic rings. The molecule has 0 atom stereocenters. The molecule has 0 heterocycles. The zero-order chi connectivity index (χ0) is 6.99. The molecule has 50 valence electrons. The third-order valence-electron chi connectivity index (χ3n) is 0.408. The van der Waals surface area contributed by atoms with Crippen LogP contribution in [0.4, 0.5) is 4.79 Å². The SMILES string of the molecule is C[CH-]CC.O=C(S)S.[K+]. The average Bonchev–Trinajstić information content (AvgIpc) is 1.65. The molecule has 0 aliphatic heterocycles. The van der Waals surface area contributed by atoms with Crippen molar-refractivity contribution in [2.24, 2.45) is 0 Å². The van der Waals surface area contributed by atoms with Gasteiger partial charge in [-0.1, -0.05) is 32.2 Å². The molecule has 0 radical (unpaired) electrons. The molecule has 0 aromatic rings. The molecule has 9 heavy (non-hydrogen) atoms. The fourth-order valence-electron chi connectivity index (χ4n) is 0. The standard InChI is InChI=1S/C4H9.CH2OS2.K/c1-3-4-2;2-1(3)4;/h3H,4H2,1-2H3;(H2,2,3,4);/q-1;;+1. The van der Waals surface area contributed by atoms with Crippen molar-refractivity contribution in [1.82, 2.24) is 0 Å². The van der Waals surface area contributed by atoms with Crippen molar-refractivity contribution in [3.05, 3.63) is 6.42 Å². The predicted molar refractivity (Wildman–Crippen MR) is 43.6 cm³/mol. The van der Waals surface area contributed by atoms with E-state index in [2.05, 4.69) is 45.5 Å². The van der Waals surface area contributed by atoms with Gasteiger partial charge in [0.2, 0.25) is 4.45 Å². The Morgan fingerprint density at radius 1 is 1.56 bits per heavy atom. The molecule has 0 N–H and O–H groups in total. The topological polar surface area (TPSA) is 17.1 Å². The van der Waals surface area contributed by atoms with E-state index in [0.29, 0.717) is 0 Å². The van der Waals surface area contributed by atoms with Crippen LogP contribution in [0.15, 0.2) is 0 Å². The van der Waals surface area contributed by atoms with Gasteiger partial charge in [0.25, 0.3) is 0 Å². The zero-order valence-electron chi connectivity index (χ0n) is 6.09. The number of rotatable bonds is 1. The third kappa shape index (κ3) is 71.0. The van der Waals surface area contributed by atoms with Crippen molar-refractivity contribution in [2.45, 2.75) is 20.3 Å². The van der Waals surface area contributed by atoms with Gasteiger partial charge in [-0.2, -0.15) is 13.3 Å². The molecular formula is C5H11KOS2. The summed E-state index contributed by atoms with van der Waals surface area (Å²) in [6.07, 6.45) is 3.32. The van der Waals surface area contributed by atoms with Crippen LogP contribution in [0.25, 0.3) is 0 Å². The third-order valence-corrected chi connectivity index (χ3v) is 0.408. The maximum atomic E-state index is 9.17. The summed E-state index contributed by atoms with van der Waals surface area (Å²) >= 11 is 6.38. The van der Waals surface area contributed by atoms with Crippen LogP contribution in [0.2, 0.25) is 0 Å². The molecule has 0 bridgehead atoms. The largest absolute Gasteiger partial charge is 1.00 e. The van der Waals surface area contributed by atoms with Crippen molar-refractivity contribution >= 4 is 29.7 Å². The van der Waals surface area contributed by atoms with Crippen molar-refractivity contribution in [3.8, 4) is 0 Å². The number of carbonyl (C=O) groups excluding carboxylic acids is 1. The van der Waals surface area contributed by atoms with Crippen LogP contribution in [-0.4, -0.2) is 4.45 Å². The normalized spacial score (nSPS) is 6.22.